The maximum Gasteiger partial charge on any atom is 0.309 e. The van der Waals surface area contributed by atoms with Gasteiger partial charge in [-0.25, -0.2) is 4.39 Å². The Morgan fingerprint density at radius 3 is 2.57 bits per heavy atom. The highest BCUT2D eigenvalue weighted by atomic mass is 79.9. The van der Waals surface area contributed by atoms with Crippen LogP contribution in [-0.4, -0.2) is 13.1 Å². The number of carbonyl (C=O) groups is 1. The van der Waals surface area contributed by atoms with Gasteiger partial charge in [0, 0.05) is 10.0 Å². The van der Waals surface area contributed by atoms with Crippen molar-refractivity contribution in [2.75, 3.05) is 7.11 Å². The number of halogens is 2. The van der Waals surface area contributed by atoms with Gasteiger partial charge in [0.15, 0.2) is 0 Å². The van der Waals surface area contributed by atoms with Crippen molar-refractivity contribution < 1.29 is 18.7 Å². The molecule has 2 aromatic carbocycles. The van der Waals surface area contributed by atoms with Crippen LogP contribution in [-0.2, 0) is 22.6 Å². The molecule has 0 N–H and O–H groups in total. The summed E-state index contributed by atoms with van der Waals surface area (Å²) in [7, 11) is 1.36. The molecule has 2 rings (SSSR count). The van der Waals surface area contributed by atoms with Crippen LogP contribution in [0.3, 0.4) is 0 Å². The molecule has 0 amide bonds. The van der Waals surface area contributed by atoms with Gasteiger partial charge in [0.25, 0.3) is 0 Å². The van der Waals surface area contributed by atoms with Crippen molar-refractivity contribution in [2.45, 2.75) is 13.0 Å². The van der Waals surface area contributed by atoms with Crippen LogP contribution in [0.5, 0.6) is 5.75 Å². The van der Waals surface area contributed by atoms with Crippen LogP contribution < -0.4 is 4.74 Å². The first-order chi connectivity index (χ1) is 10.1. The summed E-state index contributed by atoms with van der Waals surface area (Å²) in [5.74, 6) is 0.0670. The van der Waals surface area contributed by atoms with Gasteiger partial charge in [-0.3, -0.25) is 4.79 Å². The Labute approximate surface area is 130 Å². The predicted octanol–water partition coefficient (Wildman–Crippen LogP) is 3.88. The first kappa shape index (κ1) is 15.5. The molecule has 0 fully saturated rings. The molecular formula is C16H14BrFO3. The monoisotopic (exact) mass is 352 g/mol. The van der Waals surface area contributed by atoms with Crippen molar-refractivity contribution in [3.8, 4) is 5.75 Å². The van der Waals surface area contributed by atoms with Crippen molar-refractivity contribution in [3.63, 3.8) is 0 Å². The van der Waals surface area contributed by atoms with Crippen LogP contribution in [0, 0.1) is 5.82 Å². The molecule has 0 spiro atoms. The van der Waals surface area contributed by atoms with Crippen molar-refractivity contribution in [1.82, 2.24) is 0 Å². The molecule has 21 heavy (non-hydrogen) atoms. The zero-order chi connectivity index (χ0) is 15.2. The number of carbonyl (C=O) groups excluding carboxylic acids is 1. The van der Waals surface area contributed by atoms with Gasteiger partial charge >= 0.3 is 5.97 Å². The lowest BCUT2D eigenvalue weighted by Gasteiger charge is -2.09. The van der Waals surface area contributed by atoms with E-state index in [-0.39, 0.29) is 24.8 Å². The van der Waals surface area contributed by atoms with Crippen LogP contribution in [0.2, 0.25) is 0 Å². The quantitative estimate of drug-likeness (QED) is 0.766. The summed E-state index contributed by atoms with van der Waals surface area (Å²) in [6, 6.07) is 11.6. The second-order valence-electron chi connectivity index (χ2n) is 4.42. The third-order valence-electron chi connectivity index (χ3n) is 2.90. The first-order valence-electron chi connectivity index (χ1n) is 6.31. The summed E-state index contributed by atoms with van der Waals surface area (Å²) in [6.07, 6.45) is 0.228. The minimum Gasteiger partial charge on any atom is -0.489 e. The molecule has 0 heterocycles. The minimum atomic E-state index is -0.301. The maximum atomic E-state index is 13.2. The van der Waals surface area contributed by atoms with Gasteiger partial charge in [0.2, 0.25) is 0 Å². The highest BCUT2D eigenvalue weighted by Gasteiger charge is 2.05. The van der Waals surface area contributed by atoms with E-state index in [4.69, 9.17) is 4.74 Å². The largest absolute Gasteiger partial charge is 0.489 e. The molecule has 0 saturated heterocycles. The Kier molecular flexibility index (Phi) is 5.33. The lowest BCUT2D eigenvalue weighted by Crippen LogP contribution is -2.04. The summed E-state index contributed by atoms with van der Waals surface area (Å²) in [6.45, 7) is 0.259. The lowest BCUT2D eigenvalue weighted by atomic mass is 10.1. The standard InChI is InChI=1S/C16H14BrFO3/c1-20-16(19)8-11-2-5-14(6-3-11)21-10-12-9-13(18)4-7-15(12)17/h2-7,9H,8,10H2,1H3. The Balaban J connectivity index is 1.97. The van der Waals surface area contributed by atoms with Crippen molar-refractivity contribution >= 4 is 21.9 Å². The fraction of sp³-hybridized carbons (Fsp3) is 0.188. The molecule has 0 atom stereocenters. The Bertz CT molecular complexity index is 626. The number of methoxy groups -OCH3 is 1. The third kappa shape index (κ3) is 4.56. The highest BCUT2D eigenvalue weighted by Crippen LogP contribution is 2.21. The molecule has 0 radical (unpaired) electrons. The summed E-state index contributed by atoms with van der Waals surface area (Å²) >= 11 is 3.35. The second kappa shape index (κ2) is 7.22. The molecule has 5 heteroatoms. The number of ether oxygens (including phenoxy) is 2. The number of esters is 1. The van der Waals surface area contributed by atoms with Crippen LogP contribution in [0.25, 0.3) is 0 Å². The van der Waals surface area contributed by atoms with Gasteiger partial charge < -0.3 is 9.47 Å². The van der Waals surface area contributed by atoms with Crippen LogP contribution in [0.15, 0.2) is 46.9 Å². The summed E-state index contributed by atoms with van der Waals surface area (Å²) in [5.41, 5.74) is 1.58. The van der Waals surface area contributed by atoms with E-state index in [1.54, 1.807) is 30.3 Å². The normalized spacial score (nSPS) is 10.2. The molecule has 0 aromatic heterocycles. The fourth-order valence-electron chi connectivity index (χ4n) is 1.76. The fourth-order valence-corrected chi connectivity index (χ4v) is 2.12. The van der Waals surface area contributed by atoms with Crippen LogP contribution >= 0.6 is 15.9 Å². The van der Waals surface area contributed by atoms with Gasteiger partial charge in [-0.1, -0.05) is 28.1 Å². The van der Waals surface area contributed by atoms with Gasteiger partial charge in [-0.05, 0) is 35.9 Å². The topological polar surface area (TPSA) is 35.5 Å². The van der Waals surface area contributed by atoms with E-state index < -0.39 is 0 Å². The minimum absolute atomic E-state index is 0.228. The SMILES string of the molecule is COC(=O)Cc1ccc(OCc2cc(F)ccc2Br)cc1. The molecule has 0 unspecified atom stereocenters. The first-order valence-corrected chi connectivity index (χ1v) is 7.10. The molecular weight excluding hydrogens is 339 g/mol. The number of hydrogen-bond donors (Lipinski definition) is 0. The number of hydrogen-bond acceptors (Lipinski definition) is 3. The zero-order valence-electron chi connectivity index (χ0n) is 11.4. The van der Waals surface area contributed by atoms with E-state index in [1.807, 2.05) is 0 Å². The van der Waals surface area contributed by atoms with Crippen LogP contribution in [0.1, 0.15) is 11.1 Å². The molecule has 0 saturated carbocycles. The lowest BCUT2D eigenvalue weighted by molar-refractivity contribution is -0.139. The van der Waals surface area contributed by atoms with Crippen molar-refractivity contribution in [3.05, 3.63) is 63.9 Å². The molecule has 110 valence electrons. The van der Waals surface area contributed by atoms with Gasteiger partial charge in [0.1, 0.15) is 18.2 Å². The van der Waals surface area contributed by atoms with Crippen molar-refractivity contribution in [1.29, 1.82) is 0 Å². The Hall–Kier alpha value is -1.88. The summed E-state index contributed by atoms with van der Waals surface area (Å²) in [5, 5.41) is 0. The Morgan fingerprint density at radius 1 is 1.19 bits per heavy atom. The average molecular weight is 353 g/mol. The zero-order valence-corrected chi connectivity index (χ0v) is 13.0. The third-order valence-corrected chi connectivity index (χ3v) is 3.68. The van der Waals surface area contributed by atoms with E-state index in [0.717, 1.165) is 15.6 Å². The molecule has 0 aliphatic rings. The predicted molar refractivity (Wildman–Crippen MR) is 80.6 cm³/mol. The molecule has 0 bridgehead atoms. The average Bonchev–Trinajstić information content (AvgIpc) is 2.49. The van der Waals surface area contributed by atoms with E-state index in [0.29, 0.717) is 5.75 Å². The number of rotatable bonds is 5. The molecule has 0 aliphatic carbocycles. The van der Waals surface area contributed by atoms with E-state index in [2.05, 4.69) is 20.7 Å². The molecule has 3 nitrogen and oxygen atoms in total. The van der Waals surface area contributed by atoms with E-state index in [1.165, 1.54) is 19.2 Å². The van der Waals surface area contributed by atoms with E-state index >= 15 is 0 Å². The van der Waals surface area contributed by atoms with Gasteiger partial charge in [-0.2, -0.15) is 0 Å². The Morgan fingerprint density at radius 2 is 1.90 bits per heavy atom. The highest BCUT2D eigenvalue weighted by molar-refractivity contribution is 9.10. The van der Waals surface area contributed by atoms with Crippen LogP contribution in [0.4, 0.5) is 4.39 Å². The maximum absolute atomic E-state index is 13.2. The molecule has 2 aromatic rings. The second-order valence-corrected chi connectivity index (χ2v) is 5.28. The van der Waals surface area contributed by atoms with Crippen molar-refractivity contribution in [2.24, 2.45) is 0 Å². The summed E-state index contributed by atoms with van der Waals surface area (Å²) < 4.78 is 24.2. The summed E-state index contributed by atoms with van der Waals surface area (Å²) in [4.78, 5) is 11.2. The smallest absolute Gasteiger partial charge is 0.309 e. The number of benzene rings is 2. The molecule has 0 aliphatic heterocycles. The van der Waals surface area contributed by atoms with E-state index in [9.17, 15) is 9.18 Å². The van der Waals surface area contributed by atoms with Gasteiger partial charge in [0.05, 0.1) is 13.5 Å². The van der Waals surface area contributed by atoms with Gasteiger partial charge in [-0.15, -0.1) is 0 Å².